The quantitative estimate of drug-likeness (QED) is 0.340. The summed E-state index contributed by atoms with van der Waals surface area (Å²) in [4.78, 5) is 0.786. The minimum atomic E-state index is 0.682. The highest BCUT2D eigenvalue weighted by Gasteiger charge is 2.06. The van der Waals surface area contributed by atoms with Crippen molar-refractivity contribution in [2.24, 2.45) is 0 Å². The predicted octanol–water partition coefficient (Wildman–Crippen LogP) is 0.143. The van der Waals surface area contributed by atoms with Gasteiger partial charge in [-0.2, -0.15) is 0 Å². The van der Waals surface area contributed by atoms with Gasteiger partial charge in [0.1, 0.15) is 0 Å². The molecule has 0 saturated heterocycles. The molecule has 1 atom stereocenters. The molecule has 0 aliphatic carbocycles. The number of nitrogens with zero attached hydrogens (tertiary/aromatic N) is 1. The lowest BCUT2D eigenvalue weighted by atomic mass is 10.1. The minimum Gasteiger partial charge on any atom is -0.357 e. The molecule has 1 aromatic rings. The van der Waals surface area contributed by atoms with Crippen molar-refractivity contribution in [3.8, 4) is 0 Å². The summed E-state index contributed by atoms with van der Waals surface area (Å²) in [5.41, 5.74) is 1.46. The maximum absolute atomic E-state index is 4.79. The summed E-state index contributed by atoms with van der Waals surface area (Å²) in [6.07, 6.45) is 0. The van der Waals surface area contributed by atoms with E-state index in [1.165, 1.54) is 0 Å². The van der Waals surface area contributed by atoms with Crippen molar-refractivity contribution >= 4 is 60.5 Å². The van der Waals surface area contributed by atoms with E-state index in [0.717, 1.165) is 10.5 Å². The monoisotopic (exact) mass is 270 g/mol. The van der Waals surface area contributed by atoms with Gasteiger partial charge in [-0.25, -0.2) is 0 Å². The first-order valence-electron chi connectivity index (χ1n) is 2.13. The fourth-order valence-electron chi connectivity index (χ4n) is 0.383. The SMILES string of the molecule is Pc1onc([B]I)c1S. The van der Waals surface area contributed by atoms with Gasteiger partial charge in [0.25, 0.3) is 5.14 Å². The molecule has 1 heterocycles. The fourth-order valence-corrected chi connectivity index (χ4v) is 1.40. The molecule has 0 bridgehead atoms. The Balaban J connectivity index is 3.04. The molecule has 6 heteroatoms. The first-order valence-corrected chi connectivity index (χ1v) is 4.40. The summed E-state index contributed by atoms with van der Waals surface area (Å²) in [7, 11) is 2.41. The molecule has 0 spiro atoms. The Morgan fingerprint density at radius 2 is 2.44 bits per heavy atom. The van der Waals surface area contributed by atoms with E-state index in [2.05, 4.69) is 49.4 Å². The third kappa shape index (κ3) is 1.62. The van der Waals surface area contributed by atoms with Crippen LogP contribution in [0.2, 0.25) is 0 Å². The number of aromatic nitrogens is 1. The van der Waals surface area contributed by atoms with Crippen LogP contribution in [0.4, 0.5) is 0 Å². The van der Waals surface area contributed by atoms with Crippen molar-refractivity contribution < 1.29 is 4.52 Å². The van der Waals surface area contributed by atoms with Crippen LogP contribution in [-0.4, -0.2) is 10.3 Å². The maximum Gasteiger partial charge on any atom is 0.269 e. The first kappa shape index (κ1) is 7.89. The van der Waals surface area contributed by atoms with Gasteiger partial charge in [0.15, 0.2) is 5.50 Å². The van der Waals surface area contributed by atoms with Crippen LogP contribution >= 0.6 is 44.2 Å². The number of hydrogen-bond acceptors (Lipinski definition) is 3. The Kier molecular flexibility index (Phi) is 2.85. The summed E-state index contributed by atoms with van der Waals surface area (Å²) in [6, 6.07) is 0. The molecule has 0 aliphatic heterocycles. The second-order valence-electron chi connectivity index (χ2n) is 1.39. The van der Waals surface area contributed by atoms with E-state index in [-0.39, 0.29) is 0 Å². The van der Waals surface area contributed by atoms with Crippen LogP contribution in [0.1, 0.15) is 0 Å². The van der Waals surface area contributed by atoms with Crippen LogP contribution < -0.4 is 11.1 Å². The van der Waals surface area contributed by atoms with Crippen LogP contribution in [-0.2, 0) is 0 Å². The highest BCUT2D eigenvalue weighted by Crippen LogP contribution is 2.01. The number of halogens is 1. The lowest BCUT2D eigenvalue weighted by Crippen LogP contribution is -2.11. The molecule has 1 unspecified atom stereocenters. The van der Waals surface area contributed by atoms with Crippen molar-refractivity contribution in [1.82, 2.24) is 5.16 Å². The highest BCUT2D eigenvalue weighted by atomic mass is 127. The molecule has 1 radical (unpaired) electrons. The highest BCUT2D eigenvalue weighted by molar-refractivity contribution is 14.1. The van der Waals surface area contributed by atoms with Crippen molar-refractivity contribution in [2.75, 3.05) is 0 Å². The van der Waals surface area contributed by atoms with Crippen LogP contribution in [0.15, 0.2) is 9.42 Å². The summed E-state index contributed by atoms with van der Waals surface area (Å²) in [6.45, 7) is 0. The lowest BCUT2D eigenvalue weighted by Gasteiger charge is -1.82. The summed E-state index contributed by atoms with van der Waals surface area (Å²) in [5, 5.41) is 5.52. The molecule has 47 valence electrons. The van der Waals surface area contributed by atoms with Gasteiger partial charge in [-0.1, -0.05) is 14.4 Å². The molecule has 0 aromatic carbocycles. The predicted molar refractivity (Wildman–Crippen MR) is 52.5 cm³/mol. The normalized spacial score (nSPS) is 9.67. The van der Waals surface area contributed by atoms with E-state index in [1.54, 1.807) is 0 Å². The summed E-state index contributed by atoms with van der Waals surface area (Å²) >= 11 is 6.22. The maximum atomic E-state index is 4.79. The molecule has 0 aliphatic rings. The number of hydrogen-bond donors (Lipinski definition) is 1. The van der Waals surface area contributed by atoms with Gasteiger partial charge in [-0.05, 0) is 0 Å². The smallest absolute Gasteiger partial charge is 0.269 e. The number of rotatable bonds is 1. The van der Waals surface area contributed by atoms with Crippen LogP contribution in [0.25, 0.3) is 0 Å². The average Bonchev–Trinajstić information content (AvgIpc) is 2.15. The third-order valence-corrected chi connectivity index (χ3v) is 2.50. The Bertz CT molecular complexity index is 218. The Morgan fingerprint density at radius 1 is 1.78 bits per heavy atom. The third-order valence-electron chi connectivity index (χ3n) is 0.822. The van der Waals surface area contributed by atoms with E-state index in [0.29, 0.717) is 5.50 Å². The van der Waals surface area contributed by atoms with E-state index >= 15 is 0 Å². The molecule has 9 heavy (non-hydrogen) atoms. The van der Waals surface area contributed by atoms with Gasteiger partial charge in [0.05, 0.1) is 10.5 Å². The summed E-state index contributed by atoms with van der Waals surface area (Å²) in [5.74, 6) is 0. The Hall–Kier alpha value is 0.785. The van der Waals surface area contributed by atoms with E-state index in [1.807, 2.05) is 5.14 Å². The Morgan fingerprint density at radius 3 is 2.67 bits per heavy atom. The molecule has 1 rings (SSSR count). The molecule has 0 amide bonds. The van der Waals surface area contributed by atoms with Crippen molar-refractivity contribution in [2.45, 2.75) is 4.90 Å². The van der Waals surface area contributed by atoms with Gasteiger partial charge in [0.2, 0.25) is 0 Å². The van der Waals surface area contributed by atoms with E-state index < -0.39 is 0 Å². The zero-order chi connectivity index (χ0) is 6.85. The molecule has 0 fully saturated rings. The van der Waals surface area contributed by atoms with Gasteiger partial charge in [0, 0.05) is 0 Å². The first-order chi connectivity index (χ1) is 4.25. The standard InChI is InChI=1S/C3H3BINOPS/c5-4-2-1(9)3(8)7-6-2/h9H,8H2. The number of thiol groups is 1. The van der Waals surface area contributed by atoms with E-state index in [4.69, 9.17) is 4.52 Å². The van der Waals surface area contributed by atoms with Crippen LogP contribution in [0.3, 0.4) is 0 Å². The largest absolute Gasteiger partial charge is 0.357 e. The fraction of sp³-hybridized carbons (Fsp3) is 0. The lowest BCUT2D eigenvalue weighted by molar-refractivity contribution is 0.452. The van der Waals surface area contributed by atoms with Gasteiger partial charge in [-0.3, -0.25) is 0 Å². The van der Waals surface area contributed by atoms with Gasteiger partial charge in [-0.15, -0.1) is 35.0 Å². The van der Waals surface area contributed by atoms with Crippen LogP contribution in [0.5, 0.6) is 0 Å². The molecule has 2 nitrogen and oxygen atoms in total. The zero-order valence-corrected chi connectivity index (χ0v) is 8.54. The van der Waals surface area contributed by atoms with Gasteiger partial charge >= 0.3 is 0 Å². The Labute approximate surface area is 74.9 Å². The molecular formula is C3H3BINOPS. The second-order valence-corrected chi connectivity index (χ2v) is 2.98. The van der Waals surface area contributed by atoms with Gasteiger partial charge < -0.3 is 4.52 Å². The van der Waals surface area contributed by atoms with Crippen molar-refractivity contribution in [1.29, 1.82) is 0 Å². The summed E-state index contributed by atoms with van der Waals surface area (Å²) < 4.78 is 4.79. The zero-order valence-electron chi connectivity index (χ0n) is 4.34. The second kappa shape index (κ2) is 3.26. The van der Waals surface area contributed by atoms with Crippen molar-refractivity contribution in [3.63, 3.8) is 0 Å². The average molecular weight is 270 g/mol. The minimum absolute atomic E-state index is 0.682. The molecular weight excluding hydrogens is 267 g/mol. The molecule has 1 aromatic heterocycles. The molecule has 0 N–H and O–H groups in total. The van der Waals surface area contributed by atoms with E-state index in [9.17, 15) is 0 Å². The topological polar surface area (TPSA) is 26.0 Å². The molecule has 0 saturated carbocycles. The van der Waals surface area contributed by atoms with Crippen molar-refractivity contribution in [3.05, 3.63) is 0 Å². The van der Waals surface area contributed by atoms with Crippen LogP contribution in [0, 0.1) is 0 Å².